The van der Waals surface area contributed by atoms with E-state index in [4.69, 9.17) is 14.6 Å². The summed E-state index contributed by atoms with van der Waals surface area (Å²) in [6.07, 6.45) is 3.40. The number of nitrogens with zero attached hydrogens (tertiary/aromatic N) is 2. The molecule has 0 bridgehead atoms. The zero-order chi connectivity index (χ0) is 48.2. The average molecular weight is 918 g/mol. The average Bonchev–Trinajstić information content (AvgIpc) is 3.83. The van der Waals surface area contributed by atoms with Crippen LogP contribution in [-0.4, -0.2) is 118 Å². The molecule has 1 aliphatic carbocycles. The van der Waals surface area contributed by atoms with E-state index in [2.05, 4.69) is 64.5 Å². The fourth-order valence-corrected chi connectivity index (χ4v) is 6.72. The van der Waals surface area contributed by atoms with Crippen LogP contribution in [0.25, 0.3) is 10.4 Å². The van der Waals surface area contributed by atoms with Gasteiger partial charge in [-0.2, -0.15) is 0 Å². The number of β-amino-alcohol motifs (C(OH)–C–C–N with tert-alkyl or cyclic N) is 1. The Hall–Kier alpha value is -6.17. The number of aryl methyl sites for hydroxylation is 1. The van der Waals surface area contributed by atoms with Gasteiger partial charge in [-0.3, -0.25) is 24.0 Å². The zero-order valence-corrected chi connectivity index (χ0v) is 39.7. The first kappa shape index (κ1) is 55.0. The Bertz CT molecular complexity index is 2020. The van der Waals surface area contributed by atoms with Crippen LogP contribution in [0.2, 0.25) is 0 Å². The fraction of sp³-hybridized carbons (Fsp3) is 0.438. The minimum Gasteiger partial charge on any atom is -0.497 e. The van der Waals surface area contributed by atoms with E-state index in [9.17, 15) is 28.8 Å². The van der Waals surface area contributed by atoms with E-state index in [0.717, 1.165) is 54.2 Å². The van der Waals surface area contributed by atoms with Crippen molar-refractivity contribution < 1.29 is 43.3 Å². The Labute approximate surface area is 387 Å². The highest BCUT2D eigenvalue weighted by Crippen LogP contribution is 2.48. The first-order valence-electron chi connectivity index (χ1n) is 21.5. The molecule has 2 aliphatic rings. The molecule has 65 heavy (non-hydrogen) atoms. The van der Waals surface area contributed by atoms with Gasteiger partial charge in [0.15, 0.2) is 6.61 Å². The lowest BCUT2D eigenvalue weighted by molar-refractivity contribution is -0.129. The molecule has 354 valence electrons. The Morgan fingerprint density at radius 2 is 1.54 bits per heavy atom. The summed E-state index contributed by atoms with van der Waals surface area (Å²) in [5.74, 6) is 1.73. The number of amides is 5. The number of carbonyl (C=O) groups excluding carboxylic acids is 6. The number of likely N-dealkylation sites (N-methyl/N-ethyl adjacent to an activating group) is 2. The summed E-state index contributed by atoms with van der Waals surface area (Å²) in [6.45, 7) is 12.0. The number of aromatic nitrogens is 1. The standard InChI is InChI=1S/C14H18N2O3.C13H14N2OS.C10H11NO3.C7H14N2O2.C4H10/c1-15-12(17)9-16-13(18)14(7-8-14)10-3-5-11(19-2)6-4-10;1-9(14-7-16)11-3-5-12(6-4-11)13-10(2)15-8-17-13;12-7-6-11-10(13)8-14-9-4-2-1-3-5-9;1-8-4-7(11)9-3-2-6(10)5-9;1-4(2)3/h3-6H,7-9H2,1-2H3,(H,15,17)(H,16,18);3-9H,1-2H3,(H,14,16);1-5,7H,6,8H2,(H,11,13);6,8,10H,2-5H2,1H3;4H,1-3H3. The molecule has 6 rings (SSSR count). The van der Waals surface area contributed by atoms with Crippen LogP contribution in [-0.2, 0) is 34.2 Å². The van der Waals surface area contributed by atoms with Gasteiger partial charge in [0, 0.05) is 20.1 Å². The van der Waals surface area contributed by atoms with Gasteiger partial charge in [0.2, 0.25) is 24.1 Å². The van der Waals surface area contributed by atoms with Crippen LogP contribution in [0.1, 0.15) is 69.8 Å². The molecule has 2 fully saturated rings. The van der Waals surface area contributed by atoms with Gasteiger partial charge in [0.05, 0.1) is 60.4 Å². The lowest BCUT2D eigenvalue weighted by Gasteiger charge is -2.15. The SMILES string of the molecule is CC(C)C.CNC(=O)CNC(=O)C1(c2ccc(OC)cc2)CC1.CNCC(=O)N1CCC(O)C1.Cc1ncsc1-c1ccc(C(C)NC=O)cc1.O=CCNC(=O)COc1ccccc1. The van der Waals surface area contributed by atoms with Gasteiger partial charge in [-0.15, -0.1) is 11.3 Å². The molecular weight excluding hydrogens is 851 g/mol. The highest BCUT2D eigenvalue weighted by Gasteiger charge is 2.51. The molecule has 2 unspecified atom stereocenters. The number of aldehydes is 1. The number of carbonyl (C=O) groups is 6. The summed E-state index contributed by atoms with van der Waals surface area (Å²) in [5.41, 5.74) is 5.70. The maximum Gasteiger partial charge on any atom is 0.258 e. The van der Waals surface area contributed by atoms with E-state index < -0.39 is 5.41 Å². The predicted octanol–water partition coefficient (Wildman–Crippen LogP) is 4.36. The van der Waals surface area contributed by atoms with E-state index in [0.29, 0.717) is 31.7 Å². The van der Waals surface area contributed by atoms with Crippen molar-refractivity contribution in [2.45, 2.75) is 71.4 Å². The Morgan fingerprint density at radius 3 is 2.03 bits per heavy atom. The maximum absolute atomic E-state index is 12.2. The number of methoxy groups -OCH3 is 1. The Balaban J connectivity index is 0.000000294. The van der Waals surface area contributed by atoms with Crippen LogP contribution in [0.15, 0.2) is 84.4 Å². The van der Waals surface area contributed by atoms with Gasteiger partial charge in [0.25, 0.3) is 5.91 Å². The van der Waals surface area contributed by atoms with Gasteiger partial charge in [-0.25, -0.2) is 4.98 Å². The third kappa shape index (κ3) is 20.5. The molecule has 1 aromatic heterocycles. The van der Waals surface area contributed by atoms with E-state index in [1.54, 1.807) is 49.6 Å². The molecule has 1 aliphatic heterocycles. The van der Waals surface area contributed by atoms with Gasteiger partial charge >= 0.3 is 0 Å². The largest absolute Gasteiger partial charge is 0.497 e. The normalized spacial score (nSPS) is 14.3. The summed E-state index contributed by atoms with van der Waals surface area (Å²) in [7, 11) is 4.90. The van der Waals surface area contributed by atoms with Crippen LogP contribution in [0.4, 0.5) is 0 Å². The molecular formula is C48H67N7O9S. The number of para-hydroxylation sites is 1. The number of hydrogen-bond acceptors (Lipinski definition) is 12. The van der Waals surface area contributed by atoms with Crippen LogP contribution in [0, 0.1) is 12.8 Å². The van der Waals surface area contributed by atoms with Crippen molar-refractivity contribution in [2.75, 3.05) is 60.5 Å². The number of ether oxygens (including phenoxy) is 2. The number of aliphatic hydroxyl groups is 1. The molecule has 3 aromatic carbocycles. The van der Waals surface area contributed by atoms with Crippen molar-refractivity contribution >= 4 is 47.7 Å². The second-order valence-corrected chi connectivity index (χ2v) is 16.5. The summed E-state index contributed by atoms with van der Waals surface area (Å²) < 4.78 is 10.2. The molecule has 17 heteroatoms. The molecule has 16 nitrogen and oxygen atoms in total. The van der Waals surface area contributed by atoms with Crippen molar-refractivity contribution in [1.82, 2.24) is 36.5 Å². The van der Waals surface area contributed by atoms with Crippen LogP contribution >= 0.6 is 11.3 Å². The molecule has 2 atom stereocenters. The lowest BCUT2D eigenvalue weighted by atomic mass is 9.95. The van der Waals surface area contributed by atoms with Gasteiger partial charge < -0.3 is 50.9 Å². The van der Waals surface area contributed by atoms with Crippen molar-refractivity contribution in [3.05, 3.63) is 101 Å². The predicted molar refractivity (Wildman–Crippen MR) is 254 cm³/mol. The quantitative estimate of drug-likeness (QED) is 0.0869. The molecule has 6 N–H and O–H groups in total. The van der Waals surface area contributed by atoms with Crippen LogP contribution < -0.4 is 36.1 Å². The third-order valence-electron chi connectivity index (χ3n) is 9.59. The number of rotatable bonds is 16. The Kier molecular flexibility index (Phi) is 25.4. The molecule has 2 heterocycles. The number of hydrogen-bond donors (Lipinski definition) is 6. The Morgan fingerprint density at radius 1 is 0.892 bits per heavy atom. The van der Waals surface area contributed by atoms with E-state index in [-0.39, 0.29) is 55.5 Å². The summed E-state index contributed by atoms with van der Waals surface area (Å²) >= 11 is 1.64. The smallest absolute Gasteiger partial charge is 0.258 e. The highest BCUT2D eigenvalue weighted by atomic mass is 32.1. The maximum atomic E-state index is 12.2. The first-order valence-corrected chi connectivity index (χ1v) is 22.3. The third-order valence-corrected chi connectivity index (χ3v) is 10.6. The first-order chi connectivity index (χ1) is 31.1. The minimum absolute atomic E-state index is 0.0211. The van der Waals surface area contributed by atoms with Gasteiger partial charge in [-0.1, -0.05) is 75.4 Å². The zero-order valence-electron chi connectivity index (χ0n) is 38.8. The lowest BCUT2D eigenvalue weighted by Crippen LogP contribution is -2.40. The van der Waals surface area contributed by atoms with Crippen LogP contribution in [0.3, 0.4) is 0 Å². The van der Waals surface area contributed by atoms with Crippen LogP contribution in [0.5, 0.6) is 11.5 Å². The highest BCUT2D eigenvalue weighted by molar-refractivity contribution is 7.13. The van der Waals surface area contributed by atoms with Crippen molar-refractivity contribution in [3.63, 3.8) is 0 Å². The topological polar surface area (TPSA) is 217 Å². The van der Waals surface area contributed by atoms with Crippen molar-refractivity contribution in [3.8, 4) is 21.9 Å². The summed E-state index contributed by atoms with van der Waals surface area (Å²) in [6, 6.07) is 24.8. The number of nitrogens with one attached hydrogen (secondary N) is 5. The van der Waals surface area contributed by atoms with Crippen molar-refractivity contribution in [1.29, 1.82) is 0 Å². The summed E-state index contributed by atoms with van der Waals surface area (Å²) in [5, 5.41) is 22.2. The minimum atomic E-state index is -0.458. The molecule has 5 amide bonds. The number of aliphatic hydroxyl groups excluding tert-OH is 1. The van der Waals surface area contributed by atoms with E-state index in [1.807, 2.05) is 74.0 Å². The van der Waals surface area contributed by atoms with Crippen molar-refractivity contribution in [2.24, 2.45) is 5.92 Å². The number of benzene rings is 3. The van der Waals surface area contributed by atoms with Gasteiger partial charge in [0.1, 0.15) is 17.8 Å². The van der Waals surface area contributed by atoms with E-state index in [1.165, 1.54) is 10.4 Å². The molecule has 0 radical (unpaired) electrons. The second kappa shape index (κ2) is 30.1. The molecule has 1 saturated carbocycles. The monoisotopic (exact) mass is 917 g/mol. The fourth-order valence-electron chi connectivity index (χ4n) is 5.90. The molecule has 4 aromatic rings. The van der Waals surface area contributed by atoms with E-state index >= 15 is 0 Å². The number of likely N-dealkylation sites (tertiary alicyclic amines) is 1. The molecule has 1 saturated heterocycles. The molecule has 0 spiro atoms. The second-order valence-electron chi connectivity index (χ2n) is 15.7. The number of thiazole rings is 1. The summed E-state index contributed by atoms with van der Waals surface area (Å²) in [4.78, 5) is 72.9. The van der Waals surface area contributed by atoms with Gasteiger partial charge in [-0.05, 0) is 87.0 Å².